The zero-order valence-corrected chi connectivity index (χ0v) is 18.9. The topological polar surface area (TPSA) is 58.5 Å². The fraction of sp³-hybridized carbons (Fsp3) is 0.474. The number of aromatic nitrogens is 1. The lowest BCUT2D eigenvalue weighted by atomic mass is 10.2. The molecule has 0 unspecified atom stereocenters. The fourth-order valence-electron chi connectivity index (χ4n) is 2.24. The Morgan fingerprint density at radius 2 is 2.04 bits per heavy atom. The Bertz CT molecular complexity index is 675. The molecular weight excluding hydrogens is 459 g/mol. The van der Waals surface area contributed by atoms with Crippen LogP contribution in [0.4, 0.5) is 0 Å². The number of aryl methyl sites for hydroxylation is 1. The van der Waals surface area contributed by atoms with Gasteiger partial charge in [0, 0.05) is 24.7 Å². The molecule has 2 N–H and O–H groups in total. The van der Waals surface area contributed by atoms with Gasteiger partial charge in [0.25, 0.3) is 0 Å². The van der Waals surface area contributed by atoms with Crippen LogP contribution in [-0.2, 0) is 19.5 Å². The van der Waals surface area contributed by atoms with Gasteiger partial charge in [-0.15, -0.1) is 35.3 Å². The zero-order valence-electron chi connectivity index (χ0n) is 15.7. The van der Waals surface area contributed by atoms with Gasteiger partial charge in [0.15, 0.2) is 5.96 Å². The molecule has 0 spiro atoms. The van der Waals surface area contributed by atoms with Gasteiger partial charge in [0.1, 0.15) is 10.8 Å². The smallest absolute Gasteiger partial charge is 0.191 e. The predicted octanol–water partition coefficient (Wildman–Crippen LogP) is 4.37. The third-order valence-corrected chi connectivity index (χ3v) is 4.85. The number of halogens is 1. The second-order valence-corrected chi connectivity index (χ2v) is 6.90. The first-order chi connectivity index (χ1) is 12.2. The molecule has 7 heteroatoms. The van der Waals surface area contributed by atoms with Crippen molar-refractivity contribution in [1.29, 1.82) is 0 Å². The van der Waals surface area contributed by atoms with E-state index in [2.05, 4.69) is 46.6 Å². The lowest BCUT2D eigenvalue weighted by Gasteiger charge is -2.12. The highest BCUT2D eigenvalue weighted by molar-refractivity contribution is 14.0. The molecule has 0 aliphatic rings. The van der Waals surface area contributed by atoms with E-state index in [1.54, 1.807) is 18.4 Å². The quantitative estimate of drug-likeness (QED) is 0.238. The Labute approximate surface area is 177 Å². The maximum atomic E-state index is 5.76. The molecule has 2 rings (SSSR count). The van der Waals surface area contributed by atoms with Crippen LogP contribution >= 0.6 is 35.3 Å². The highest BCUT2D eigenvalue weighted by atomic mass is 127. The number of benzene rings is 1. The van der Waals surface area contributed by atoms with Gasteiger partial charge in [-0.1, -0.05) is 32.4 Å². The molecule has 5 nitrogen and oxygen atoms in total. The Morgan fingerprint density at radius 3 is 2.73 bits per heavy atom. The summed E-state index contributed by atoms with van der Waals surface area (Å²) < 4.78 is 5.76. The number of aliphatic imine (C=N–C) groups is 1. The van der Waals surface area contributed by atoms with Gasteiger partial charge in [-0.25, -0.2) is 4.98 Å². The van der Waals surface area contributed by atoms with Crippen molar-refractivity contribution in [3.8, 4) is 5.75 Å². The van der Waals surface area contributed by atoms with E-state index in [0.717, 1.165) is 42.6 Å². The van der Waals surface area contributed by atoms with Gasteiger partial charge in [-0.05, 0) is 30.5 Å². The van der Waals surface area contributed by atoms with Crippen molar-refractivity contribution in [2.45, 2.75) is 46.2 Å². The van der Waals surface area contributed by atoms with E-state index in [4.69, 9.17) is 4.74 Å². The summed E-state index contributed by atoms with van der Waals surface area (Å²) in [5.74, 6) is 1.69. The molecule has 1 heterocycles. The molecule has 0 saturated carbocycles. The van der Waals surface area contributed by atoms with Crippen molar-refractivity contribution >= 4 is 41.3 Å². The Hall–Kier alpha value is -1.35. The van der Waals surface area contributed by atoms with Crippen molar-refractivity contribution in [2.24, 2.45) is 4.99 Å². The van der Waals surface area contributed by atoms with Crippen LogP contribution in [0.2, 0.25) is 0 Å². The van der Waals surface area contributed by atoms with Gasteiger partial charge in [0.2, 0.25) is 0 Å². The molecular formula is C19H29IN4OS. The third kappa shape index (κ3) is 7.90. The van der Waals surface area contributed by atoms with Crippen molar-refractivity contribution in [3.05, 3.63) is 45.9 Å². The summed E-state index contributed by atoms with van der Waals surface area (Å²) in [6.45, 7) is 6.46. The summed E-state index contributed by atoms with van der Waals surface area (Å²) in [5, 5.41) is 7.71. The average molecular weight is 488 g/mol. The number of ether oxygens (including phenoxy) is 1. The standard InChI is InChI=1S/C19H28N4OS.HI/c1-4-6-10-24-16-9-7-8-15(11-16)12-22-19(20-3)23-14-18-21-13-17(5-2)25-18;/h7-9,11,13H,4-6,10,12,14H2,1-3H3,(H2,20,22,23);1H. The van der Waals surface area contributed by atoms with Gasteiger partial charge < -0.3 is 15.4 Å². The van der Waals surface area contributed by atoms with E-state index in [1.807, 2.05) is 18.3 Å². The maximum absolute atomic E-state index is 5.76. The van der Waals surface area contributed by atoms with E-state index >= 15 is 0 Å². The number of nitrogens with zero attached hydrogens (tertiary/aromatic N) is 2. The van der Waals surface area contributed by atoms with Gasteiger partial charge in [-0.2, -0.15) is 0 Å². The average Bonchev–Trinajstić information content (AvgIpc) is 3.10. The molecule has 1 aromatic heterocycles. The monoisotopic (exact) mass is 488 g/mol. The number of rotatable bonds is 9. The lowest BCUT2D eigenvalue weighted by molar-refractivity contribution is 0.309. The van der Waals surface area contributed by atoms with Crippen LogP contribution in [0.15, 0.2) is 35.5 Å². The minimum absolute atomic E-state index is 0. The third-order valence-electron chi connectivity index (χ3n) is 3.71. The van der Waals surface area contributed by atoms with Crippen LogP contribution in [0, 0.1) is 0 Å². The molecule has 0 atom stereocenters. The van der Waals surface area contributed by atoms with E-state index in [1.165, 1.54) is 10.4 Å². The first kappa shape index (κ1) is 22.7. The summed E-state index contributed by atoms with van der Waals surface area (Å²) in [4.78, 5) is 9.99. The number of hydrogen-bond donors (Lipinski definition) is 2. The first-order valence-electron chi connectivity index (χ1n) is 8.85. The minimum Gasteiger partial charge on any atom is -0.494 e. The fourth-order valence-corrected chi connectivity index (χ4v) is 3.04. The van der Waals surface area contributed by atoms with Crippen LogP contribution in [0.25, 0.3) is 0 Å². The van der Waals surface area contributed by atoms with E-state index in [9.17, 15) is 0 Å². The van der Waals surface area contributed by atoms with Crippen molar-refractivity contribution in [1.82, 2.24) is 15.6 Å². The Kier molecular flexibility index (Phi) is 11.3. The van der Waals surface area contributed by atoms with Gasteiger partial charge in [0.05, 0.1) is 13.2 Å². The number of nitrogens with one attached hydrogen (secondary N) is 2. The van der Waals surface area contributed by atoms with Crippen LogP contribution in [0.1, 0.15) is 42.1 Å². The second-order valence-electron chi connectivity index (χ2n) is 5.70. The summed E-state index contributed by atoms with van der Waals surface area (Å²) in [7, 11) is 1.78. The molecule has 0 bridgehead atoms. The van der Waals surface area contributed by atoms with Crippen molar-refractivity contribution in [2.75, 3.05) is 13.7 Å². The molecule has 0 aliphatic carbocycles. The van der Waals surface area contributed by atoms with E-state index in [-0.39, 0.29) is 24.0 Å². The molecule has 144 valence electrons. The van der Waals surface area contributed by atoms with Crippen LogP contribution in [0.3, 0.4) is 0 Å². The Balaban J connectivity index is 0.00000338. The summed E-state index contributed by atoms with van der Waals surface area (Å²) in [6, 6.07) is 8.18. The van der Waals surface area contributed by atoms with Crippen LogP contribution in [-0.4, -0.2) is 24.6 Å². The Morgan fingerprint density at radius 1 is 1.23 bits per heavy atom. The number of hydrogen-bond acceptors (Lipinski definition) is 4. The first-order valence-corrected chi connectivity index (χ1v) is 9.66. The number of thiazole rings is 1. The molecule has 0 radical (unpaired) electrons. The van der Waals surface area contributed by atoms with Crippen LogP contribution < -0.4 is 15.4 Å². The maximum Gasteiger partial charge on any atom is 0.191 e. The second kappa shape index (κ2) is 12.9. The summed E-state index contributed by atoms with van der Waals surface area (Å²) in [6.07, 6.45) is 5.20. The number of guanidine groups is 1. The van der Waals surface area contributed by atoms with Gasteiger partial charge in [-0.3, -0.25) is 4.99 Å². The highest BCUT2D eigenvalue weighted by Gasteiger charge is 2.03. The normalized spacial score (nSPS) is 11.0. The molecule has 0 saturated heterocycles. The molecule has 0 amide bonds. The molecule has 26 heavy (non-hydrogen) atoms. The van der Waals surface area contributed by atoms with Gasteiger partial charge >= 0.3 is 0 Å². The predicted molar refractivity (Wildman–Crippen MR) is 121 cm³/mol. The highest BCUT2D eigenvalue weighted by Crippen LogP contribution is 2.14. The largest absolute Gasteiger partial charge is 0.494 e. The molecule has 0 fully saturated rings. The SMILES string of the molecule is CCCCOc1cccc(CNC(=NC)NCc2ncc(CC)s2)c1.I. The van der Waals surface area contributed by atoms with Crippen molar-refractivity contribution < 1.29 is 4.74 Å². The zero-order chi connectivity index (χ0) is 17.9. The number of unbranched alkanes of at least 4 members (excludes halogenated alkanes) is 1. The van der Waals surface area contributed by atoms with E-state index < -0.39 is 0 Å². The van der Waals surface area contributed by atoms with Crippen molar-refractivity contribution in [3.63, 3.8) is 0 Å². The molecule has 1 aromatic carbocycles. The summed E-state index contributed by atoms with van der Waals surface area (Å²) >= 11 is 1.74. The minimum atomic E-state index is 0. The molecule has 0 aliphatic heterocycles. The van der Waals surface area contributed by atoms with Crippen LogP contribution in [0.5, 0.6) is 5.75 Å². The lowest BCUT2D eigenvalue weighted by Crippen LogP contribution is -2.36. The van der Waals surface area contributed by atoms with E-state index in [0.29, 0.717) is 13.1 Å². The molecule has 2 aromatic rings. The summed E-state index contributed by atoms with van der Waals surface area (Å²) in [5.41, 5.74) is 1.17.